The van der Waals surface area contributed by atoms with E-state index in [1.807, 2.05) is 48.5 Å². The van der Waals surface area contributed by atoms with Crippen molar-refractivity contribution in [3.05, 3.63) is 78.6 Å². The summed E-state index contributed by atoms with van der Waals surface area (Å²) in [6, 6.07) is 18.8. The number of esters is 1. The Labute approximate surface area is 122 Å². The molecule has 2 aromatic carbocycles. The molecule has 1 aromatic heterocycles. The third kappa shape index (κ3) is 3.12. The first-order chi connectivity index (χ1) is 10.3. The van der Waals surface area contributed by atoms with Gasteiger partial charge >= 0.3 is 5.97 Å². The summed E-state index contributed by atoms with van der Waals surface area (Å²) in [5, 5.41) is 7.31. The lowest BCUT2D eigenvalue weighted by Crippen LogP contribution is -2.08. The Balaban J connectivity index is 1.85. The highest BCUT2D eigenvalue weighted by molar-refractivity contribution is 5.92. The molecule has 0 N–H and O–H groups in total. The molecule has 3 rings (SSSR count). The first kappa shape index (κ1) is 13.0. The molecule has 0 radical (unpaired) electrons. The molecule has 102 valence electrons. The molecule has 4 nitrogen and oxygen atoms in total. The van der Waals surface area contributed by atoms with Gasteiger partial charge in [-0.15, -0.1) is 0 Å². The summed E-state index contributed by atoms with van der Waals surface area (Å²) < 4.78 is 5.25. The van der Waals surface area contributed by atoms with Crippen LogP contribution in [-0.4, -0.2) is 16.2 Å². The fourth-order valence-corrected chi connectivity index (χ4v) is 1.96. The predicted octanol–water partition coefficient (Wildman–Crippen LogP) is 3.36. The lowest BCUT2D eigenvalue weighted by molar-refractivity contribution is 0.0734. The molecule has 0 saturated carbocycles. The van der Waals surface area contributed by atoms with Gasteiger partial charge in [-0.05, 0) is 23.3 Å². The molecular weight excluding hydrogens is 264 g/mol. The number of hydrogen-bond acceptors (Lipinski definition) is 4. The van der Waals surface area contributed by atoms with Crippen LogP contribution in [0.15, 0.2) is 73.1 Å². The van der Waals surface area contributed by atoms with E-state index < -0.39 is 5.97 Å². The third-order valence-electron chi connectivity index (χ3n) is 2.97. The molecule has 0 bridgehead atoms. The van der Waals surface area contributed by atoms with E-state index in [4.69, 9.17) is 4.74 Å². The van der Waals surface area contributed by atoms with Gasteiger partial charge in [0.2, 0.25) is 0 Å². The number of carbonyl (C=O) groups is 1. The molecule has 21 heavy (non-hydrogen) atoms. The largest absolute Gasteiger partial charge is 0.421 e. The summed E-state index contributed by atoms with van der Waals surface area (Å²) in [7, 11) is 0. The maximum atomic E-state index is 12.1. The normalized spacial score (nSPS) is 10.1. The van der Waals surface area contributed by atoms with Crippen molar-refractivity contribution in [3.63, 3.8) is 0 Å². The number of benzene rings is 2. The third-order valence-corrected chi connectivity index (χ3v) is 2.97. The second kappa shape index (κ2) is 5.96. The van der Waals surface area contributed by atoms with Crippen molar-refractivity contribution < 1.29 is 9.53 Å². The number of ether oxygens (including phenoxy) is 1. The van der Waals surface area contributed by atoms with Gasteiger partial charge in [0.1, 0.15) is 0 Å². The zero-order valence-corrected chi connectivity index (χ0v) is 11.1. The molecule has 0 aliphatic heterocycles. The van der Waals surface area contributed by atoms with E-state index in [9.17, 15) is 4.79 Å². The van der Waals surface area contributed by atoms with Crippen molar-refractivity contribution in [2.24, 2.45) is 0 Å². The number of hydrogen-bond donors (Lipinski definition) is 0. The Morgan fingerprint density at radius 1 is 0.857 bits per heavy atom. The smallest absolute Gasteiger partial charge is 0.343 e. The highest BCUT2D eigenvalue weighted by Crippen LogP contribution is 2.20. The molecule has 0 aliphatic carbocycles. The Morgan fingerprint density at radius 2 is 1.67 bits per heavy atom. The number of rotatable bonds is 3. The van der Waals surface area contributed by atoms with Crippen LogP contribution in [-0.2, 0) is 0 Å². The summed E-state index contributed by atoms with van der Waals surface area (Å²) in [6.45, 7) is 0. The van der Waals surface area contributed by atoms with E-state index in [2.05, 4.69) is 10.2 Å². The van der Waals surface area contributed by atoms with Crippen LogP contribution in [0.2, 0.25) is 0 Å². The van der Waals surface area contributed by atoms with Gasteiger partial charge in [0.15, 0.2) is 5.75 Å². The molecule has 0 spiro atoms. The first-order valence-electron chi connectivity index (χ1n) is 6.47. The minimum Gasteiger partial charge on any atom is -0.421 e. The lowest BCUT2D eigenvalue weighted by atomic mass is 10.0. The van der Waals surface area contributed by atoms with Crippen molar-refractivity contribution in [1.82, 2.24) is 10.2 Å². The molecule has 3 aromatic rings. The van der Waals surface area contributed by atoms with Gasteiger partial charge in [0.25, 0.3) is 0 Å². The molecule has 4 heteroatoms. The fourth-order valence-electron chi connectivity index (χ4n) is 1.96. The van der Waals surface area contributed by atoms with Gasteiger partial charge < -0.3 is 4.74 Å². The van der Waals surface area contributed by atoms with Crippen molar-refractivity contribution in [3.8, 4) is 16.9 Å². The van der Waals surface area contributed by atoms with Gasteiger partial charge in [-0.1, -0.05) is 42.5 Å². The van der Waals surface area contributed by atoms with E-state index in [0.717, 1.165) is 11.1 Å². The van der Waals surface area contributed by atoms with E-state index in [1.54, 1.807) is 12.1 Å². The highest BCUT2D eigenvalue weighted by atomic mass is 16.5. The Morgan fingerprint density at radius 3 is 2.43 bits per heavy atom. The van der Waals surface area contributed by atoms with Gasteiger partial charge in [0, 0.05) is 6.07 Å². The highest BCUT2D eigenvalue weighted by Gasteiger charge is 2.09. The van der Waals surface area contributed by atoms with Gasteiger partial charge in [-0.2, -0.15) is 10.2 Å². The lowest BCUT2D eigenvalue weighted by Gasteiger charge is -2.06. The van der Waals surface area contributed by atoms with E-state index in [1.165, 1.54) is 12.4 Å². The predicted molar refractivity (Wildman–Crippen MR) is 78.9 cm³/mol. The van der Waals surface area contributed by atoms with Crippen molar-refractivity contribution in [2.75, 3.05) is 0 Å². The van der Waals surface area contributed by atoms with Crippen molar-refractivity contribution in [1.29, 1.82) is 0 Å². The van der Waals surface area contributed by atoms with E-state index >= 15 is 0 Å². The van der Waals surface area contributed by atoms with Crippen LogP contribution in [0.3, 0.4) is 0 Å². The maximum Gasteiger partial charge on any atom is 0.343 e. The summed E-state index contributed by atoms with van der Waals surface area (Å²) in [4.78, 5) is 12.1. The summed E-state index contributed by atoms with van der Waals surface area (Å²) in [6.07, 6.45) is 2.88. The molecular formula is C17H12N2O2. The number of aromatic nitrogens is 2. The van der Waals surface area contributed by atoms with Crippen LogP contribution < -0.4 is 4.74 Å². The fraction of sp³-hybridized carbons (Fsp3) is 0. The molecule has 0 aliphatic rings. The molecule has 0 amide bonds. The Bertz CT molecular complexity index is 743. The SMILES string of the molecule is O=C(Oc1ccnnc1)c1cccc(-c2ccccc2)c1. The molecule has 0 fully saturated rings. The molecule has 1 heterocycles. The minimum atomic E-state index is -0.416. The van der Waals surface area contributed by atoms with Gasteiger partial charge in [-0.3, -0.25) is 0 Å². The number of carbonyl (C=O) groups excluding carboxylic acids is 1. The number of nitrogens with zero attached hydrogens (tertiary/aromatic N) is 2. The molecule has 0 atom stereocenters. The Hall–Kier alpha value is -3.01. The van der Waals surface area contributed by atoms with E-state index in [-0.39, 0.29) is 0 Å². The van der Waals surface area contributed by atoms with Gasteiger partial charge in [0.05, 0.1) is 18.0 Å². The average molecular weight is 276 g/mol. The molecule has 0 unspecified atom stereocenters. The summed E-state index contributed by atoms with van der Waals surface area (Å²) in [5.74, 6) is -0.0408. The standard InChI is InChI=1S/C17H12N2O2/c20-17(21-16-9-10-18-19-12-16)15-8-4-7-14(11-15)13-5-2-1-3-6-13/h1-12H. The summed E-state index contributed by atoms with van der Waals surface area (Å²) >= 11 is 0. The minimum absolute atomic E-state index is 0.375. The monoisotopic (exact) mass is 276 g/mol. The maximum absolute atomic E-state index is 12.1. The van der Waals surface area contributed by atoms with E-state index in [0.29, 0.717) is 11.3 Å². The van der Waals surface area contributed by atoms with Crippen LogP contribution in [0.25, 0.3) is 11.1 Å². The van der Waals surface area contributed by atoms with Crippen LogP contribution in [0, 0.1) is 0 Å². The quantitative estimate of drug-likeness (QED) is 0.688. The van der Waals surface area contributed by atoms with Crippen molar-refractivity contribution >= 4 is 5.97 Å². The van der Waals surface area contributed by atoms with Crippen LogP contribution in [0.4, 0.5) is 0 Å². The second-order valence-electron chi connectivity index (χ2n) is 4.41. The Kier molecular flexibility index (Phi) is 3.69. The zero-order chi connectivity index (χ0) is 14.5. The van der Waals surface area contributed by atoms with Gasteiger partial charge in [-0.25, -0.2) is 4.79 Å². The summed E-state index contributed by atoms with van der Waals surface area (Å²) in [5.41, 5.74) is 2.52. The molecule has 0 saturated heterocycles. The topological polar surface area (TPSA) is 52.1 Å². The van der Waals surface area contributed by atoms with Crippen LogP contribution in [0.5, 0.6) is 5.75 Å². The second-order valence-corrected chi connectivity index (χ2v) is 4.41. The first-order valence-corrected chi connectivity index (χ1v) is 6.47. The van der Waals surface area contributed by atoms with Crippen molar-refractivity contribution in [2.45, 2.75) is 0 Å². The van der Waals surface area contributed by atoms with Crippen LogP contribution in [0.1, 0.15) is 10.4 Å². The average Bonchev–Trinajstić information content (AvgIpc) is 2.57. The zero-order valence-electron chi connectivity index (χ0n) is 11.1. The van der Waals surface area contributed by atoms with Crippen LogP contribution >= 0.6 is 0 Å².